The Bertz CT molecular complexity index is 1470. The van der Waals surface area contributed by atoms with E-state index < -0.39 is 17.7 Å². The number of hydrogen-bond donors (Lipinski definition) is 1. The molecule has 1 amide bonds. The van der Waals surface area contributed by atoms with Gasteiger partial charge < -0.3 is 14.7 Å². The van der Waals surface area contributed by atoms with E-state index in [1.165, 1.54) is 13.0 Å². The number of hydrogen-bond acceptors (Lipinski definition) is 5. The lowest BCUT2D eigenvalue weighted by Gasteiger charge is -2.31. The van der Waals surface area contributed by atoms with Gasteiger partial charge in [-0.15, -0.1) is 0 Å². The second-order valence-corrected chi connectivity index (χ2v) is 10.4. The average Bonchev–Trinajstić information content (AvgIpc) is 3.02. The molecule has 244 valence electrons. The second kappa shape index (κ2) is 18.3. The summed E-state index contributed by atoms with van der Waals surface area (Å²) in [6, 6.07) is 12.8. The van der Waals surface area contributed by atoms with Gasteiger partial charge in [0.2, 0.25) is 0 Å². The van der Waals surface area contributed by atoms with Gasteiger partial charge >= 0.3 is 12.1 Å². The maximum atomic E-state index is 13.0. The van der Waals surface area contributed by atoms with Crippen molar-refractivity contribution in [2.75, 3.05) is 19.7 Å². The number of benzene rings is 2. The van der Waals surface area contributed by atoms with Crippen molar-refractivity contribution in [3.05, 3.63) is 82.5 Å². The number of ether oxygens (including phenoxy) is 1. The lowest BCUT2D eigenvalue weighted by molar-refractivity contribution is -0.137. The van der Waals surface area contributed by atoms with E-state index in [-0.39, 0.29) is 18.4 Å². The molecular weight excluding hydrogens is 607 g/mol. The Labute approximate surface area is 267 Å². The third kappa shape index (κ3) is 11.6. The van der Waals surface area contributed by atoms with Gasteiger partial charge in [-0.25, -0.2) is 9.97 Å². The van der Waals surface area contributed by atoms with Gasteiger partial charge in [0.25, 0.3) is 5.91 Å². The zero-order chi connectivity index (χ0) is 33.6. The van der Waals surface area contributed by atoms with Gasteiger partial charge in [-0.2, -0.15) is 13.2 Å². The summed E-state index contributed by atoms with van der Waals surface area (Å²) in [7, 11) is 0. The second-order valence-electron chi connectivity index (χ2n) is 10.0. The van der Waals surface area contributed by atoms with Gasteiger partial charge in [0, 0.05) is 35.7 Å². The SMILES string of the molecule is C/C=C\C(=C/C)C(F)(F)F.CC.CC1CN(C(=O)c2ccc3nc(-c4ccc(Cl)cc4)c(CCCCC(=O)O)nc3c2)CCO1. The molecule has 2 aromatic carbocycles. The summed E-state index contributed by atoms with van der Waals surface area (Å²) in [5.41, 5.74) is 3.73. The summed E-state index contributed by atoms with van der Waals surface area (Å²) in [6.45, 7) is 10.5. The van der Waals surface area contributed by atoms with Crippen molar-refractivity contribution in [2.24, 2.45) is 0 Å². The first-order chi connectivity index (χ1) is 21.4. The van der Waals surface area contributed by atoms with Crippen molar-refractivity contribution in [1.82, 2.24) is 14.9 Å². The van der Waals surface area contributed by atoms with Crippen LogP contribution in [0.4, 0.5) is 13.2 Å². The van der Waals surface area contributed by atoms with Crippen molar-refractivity contribution in [3.8, 4) is 11.3 Å². The lowest BCUT2D eigenvalue weighted by Crippen LogP contribution is -2.44. The first kappa shape index (κ1) is 37.4. The van der Waals surface area contributed by atoms with Gasteiger partial charge in [-0.05, 0) is 70.4 Å². The Kier molecular flexibility index (Phi) is 15.2. The maximum Gasteiger partial charge on any atom is 0.416 e. The zero-order valence-electron chi connectivity index (χ0n) is 26.3. The van der Waals surface area contributed by atoms with Gasteiger partial charge in [-0.3, -0.25) is 9.59 Å². The number of aliphatic carboxylic acids is 1. The summed E-state index contributed by atoms with van der Waals surface area (Å²) < 4.78 is 40.9. The predicted molar refractivity (Wildman–Crippen MR) is 172 cm³/mol. The number of rotatable bonds is 8. The summed E-state index contributed by atoms with van der Waals surface area (Å²) in [4.78, 5) is 35.4. The van der Waals surface area contributed by atoms with E-state index in [9.17, 15) is 22.8 Å². The number of allylic oxidation sites excluding steroid dienone is 4. The fraction of sp³-hybridized carbons (Fsp3) is 0.412. The highest BCUT2D eigenvalue weighted by Gasteiger charge is 2.30. The number of nitrogens with zero attached hydrogens (tertiary/aromatic N) is 3. The van der Waals surface area contributed by atoms with Crippen molar-refractivity contribution < 1.29 is 32.6 Å². The minimum Gasteiger partial charge on any atom is -0.481 e. The highest BCUT2D eigenvalue weighted by molar-refractivity contribution is 6.30. The molecule has 0 spiro atoms. The largest absolute Gasteiger partial charge is 0.481 e. The van der Waals surface area contributed by atoms with Gasteiger partial charge in [0.05, 0.1) is 40.7 Å². The number of amides is 1. The highest BCUT2D eigenvalue weighted by Crippen LogP contribution is 2.28. The summed E-state index contributed by atoms with van der Waals surface area (Å²) in [5, 5.41) is 9.57. The smallest absolute Gasteiger partial charge is 0.416 e. The Hall–Kier alpha value is -3.76. The molecular formula is C34H41ClF3N3O4. The Balaban J connectivity index is 0.000000503. The highest BCUT2D eigenvalue weighted by atomic mass is 35.5. The van der Waals surface area contributed by atoms with E-state index in [1.807, 2.05) is 51.1 Å². The van der Waals surface area contributed by atoms with E-state index in [0.29, 0.717) is 60.6 Å². The van der Waals surface area contributed by atoms with Crippen molar-refractivity contribution >= 4 is 34.5 Å². The van der Waals surface area contributed by atoms with Crippen molar-refractivity contribution in [3.63, 3.8) is 0 Å². The Morgan fingerprint density at radius 3 is 2.31 bits per heavy atom. The van der Waals surface area contributed by atoms with Gasteiger partial charge in [-0.1, -0.05) is 55.8 Å². The number of carbonyl (C=O) groups is 2. The zero-order valence-corrected chi connectivity index (χ0v) is 27.1. The monoisotopic (exact) mass is 647 g/mol. The minimum absolute atomic E-state index is 0.0160. The van der Waals surface area contributed by atoms with E-state index in [4.69, 9.17) is 31.4 Å². The molecule has 1 atom stereocenters. The molecule has 0 aliphatic carbocycles. The van der Waals surface area contributed by atoms with Crippen LogP contribution in [0.15, 0.2) is 66.3 Å². The number of aryl methyl sites for hydroxylation is 1. The predicted octanol–water partition coefficient (Wildman–Crippen LogP) is 8.71. The van der Waals surface area contributed by atoms with Gasteiger partial charge in [0.1, 0.15) is 0 Å². The molecule has 1 aromatic heterocycles. The Morgan fingerprint density at radius 1 is 1.07 bits per heavy atom. The van der Waals surface area contributed by atoms with E-state index in [0.717, 1.165) is 29.1 Å². The van der Waals surface area contributed by atoms with Crippen LogP contribution in [-0.4, -0.2) is 63.8 Å². The summed E-state index contributed by atoms with van der Waals surface area (Å²) in [5.74, 6) is -0.850. The quantitative estimate of drug-likeness (QED) is 0.194. The molecule has 2 heterocycles. The third-order valence-electron chi connectivity index (χ3n) is 6.67. The number of unbranched alkanes of at least 4 members (excludes halogenated alkanes) is 1. The average molecular weight is 648 g/mol. The molecule has 0 radical (unpaired) electrons. The number of morpholine rings is 1. The fourth-order valence-electron chi connectivity index (χ4n) is 4.53. The number of carboxylic acid groups (broad SMARTS) is 1. The minimum atomic E-state index is -4.21. The molecule has 1 unspecified atom stereocenters. The van der Waals surface area contributed by atoms with Crippen molar-refractivity contribution in [2.45, 2.75) is 72.6 Å². The number of halogens is 4. The molecule has 3 aromatic rings. The normalized spacial score (nSPS) is 15.3. The van der Waals surface area contributed by atoms with Crippen molar-refractivity contribution in [1.29, 1.82) is 0 Å². The van der Waals surface area contributed by atoms with Crippen LogP contribution in [-0.2, 0) is 16.0 Å². The molecule has 1 aliphatic rings. The third-order valence-corrected chi connectivity index (χ3v) is 6.92. The fourth-order valence-corrected chi connectivity index (χ4v) is 4.65. The number of carboxylic acids is 1. The summed E-state index contributed by atoms with van der Waals surface area (Å²) in [6.07, 6.45) is 1.20. The molecule has 7 nitrogen and oxygen atoms in total. The number of fused-ring (bicyclic) bond motifs is 1. The van der Waals surface area contributed by atoms with Crippen LogP contribution in [0.5, 0.6) is 0 Å². The molecule has 11 heteroatoms. The summed E-state index contributed by atoms with van der Waals surface area (Å²) >= 11 is 6.05. The van der Waals surface area contributed by atoms with Crippen LogP contribution in [0.25, 0.3) is 22.3 Å². The van der Waals surface area contributed by atoms with Crippen LogP contribution in [0.1, 0.15) is 69.9 Å². The molecule has 1 N–H and O–H groups in total. The number of aromatic nitrogens is 2. The van der Waals surface area contributed by atoms with Crippen LogP contribution in [0, 0.1) is 0 Å². The number of alkyl halides is 3. The molecule has 1 fully saturated rings. The van der Waals surface area contributed by atoms with Crippen LogP contribution in [0.2, 0.25) is 5.02 Å². The van der Waals surface area contributed by atoms with Gasteiger partial charge in [0.15, 0.2) is 0 Å². The lowest BCUT2D eigenvalue weighted by atomic mass is 10.0. The first-order valence-electron chi connectivity index (χ1n) is 15.0. The molecule has 1 aliphatic heterocycles. The molecule has 45 heavy (non-hydrogen) atoms. The molecule has 0 bridgehead atoms. The molecule has 0 saturated carbocycles. The first-order valence-corrected chi connectivity index (χ1v) is 15.4. The van der Waals surface area contributed by atoms with E-state index >= 15 is 0 Å². The molecule has 4 rings (SSSR count). The number of carbonyl (C=O) groups excluding carboxylic acids is 1. The van der Waals surface area contributed by atoms with E-state index in [2.05, 4.69) is 0 Å². The Morgan fingerprint density at radius 2 is 1.76 bits per heavy atom. The standard InChI is InChI=1S/C25H26ClN3O4.C7H9F3.C2H6/c1-16-15-29(12-13-33-16)25(32)18-8-11-20-22(14-18)27-21(4-2-3-5-23(30)31)24(28-20)17-6-9-19(26)10-7-17;1-3-5-6(4-2)7(8,9)10;1-2/h6-11,14,16H,2-5,12-13,15H2,1H3,(H,30,31);3-5H,1-2H3;1-2H3/b;5-3-,6-4+;. The molecule has 1 saturated heterocycles. The van der Waals surface area contributed by atoms with Crippen LogP contribution >= 0.6 is 11.6 Å². The van der Waals surface area contributed by atoms with Crippen LogP contribution in [0.3, 0.4) is 0 Å². The topological polar surface area (TPSA) is 92.6 Å². The maximum absolute atomic E-state index is 13.0. The van der Waals surface area contributed by atoms with Crippen LogP contribution < -0.4 is 0 Å². The van der Waals surface area contributed by atoms with E-state index in [1.54, 1.807) is 24.0 Å².